The lowest BCUT2D eigenvalue weighted by Crippen LogP contribution is -2.13. The maximum atomic E-state index is 10.6. The quantitative estimate of drug-likeness (QED) is 0.725. The van der Waals surface area contributed by atoms with E-state index in [-0.39, 0.29) is 11.8 Å². The lowest BCUT2D eigenvalue weighted by atomic mass is 10.2. The third-order valence-corrected chi connectivity index (χ3v) is 3.48. The third-order valence-electron chi connectivity index (χ3n) is 2.56. The standard InChI is InChI=1S/C11H19N3O3S/c1-4-9-12-13-11(18-7-10(15)16)14(9)8(2)5-6-17-3/h8H,4-7H2,1-3H3,(H,15,16). The minimum absolute atomic E-state index is 0.00115. The van der Waals surface area contributed by atoms with Crippen LogP contribution >= 0.6 is 11.8 Å². The molecule has 0 amide bonds. The fourth-order valence-electron chi connectivity index (χ4n) is 1.63. The van der Waals surface area contributed by atoms with Crippen LogP contribution in [0, 0.1) is 0 Å². The summed E-state index contributed by atoms with van der Waals surface area (Å²) in [5.41, 5.74) is 0. The molecule has 0 spiro atoms. The molecule has 0 aliphatic rings. The molecule has 0 saturated heterocycles. The van der Waals surface area contributed by atoms with E-state index in [0.29, 0.717) is 11.8 Å². The molecule has 0 fully saturated rings. The Morgan fingerprint density at radius 2 is 2.28 bits per heavy atom. The number of carbonyl (C=O) groups is 1. The summed E-state index contributed by atoms with van der Waals surface area (Å²) < 4.78 is 7.07. The summed E-state index contributed by atoms with van der Waals surface area (Å²) in [7, 11) is 1.67. The van der Waals surface area contributed by atoms with Crippen molar-refractivity contribution in [1.82, 2.24) is 14.8 Å². The van der Waals surface area contributed by atoms with Crippen LogP contribution in [0.25, 0.3) is 0 Å². The van der Waals surface area contributed by atoms with Gasteiger partial charge in [0.15, 0.2) is 5.16 Å². The number of rotatable bonds is 8. The number of hydrogen-bond acceptors (Lipinski definition) is 5. The van der Waals surface area contributed by atoms with Gasteiger partial charge in [0.2, 0.25) is 0 Å². The fourth-order valence-corrected chi connectivity index (χ4v) is 2.41. The molecule has 102 valence electrons. The van der Waals surface area contributed by atoms with Crippen molar-refractivity contribution in [2.24, 2.45) is 0 Å². The number of methoxy groups -OCH3 is 1. The summed E-state index contributed by atoms with van der Waals surface area (Å²) in [5.74, 6) is 0.0300. The van der Waals surface area contributed by atoms with E-state index >= 15 is 0 Å². The second-order valence-corrected chi connectivity index (χ2v) is 4.88. The molecular formula is C11H19N3O3S. The topological polar surface area (TPSA) is 77.2 Å². The zero-order valence-corrected chi connectivity index (χ0v) is 11.7. The van der Waals surface area contributed by atoms with Gasteiger partial charge in [-0.1, -0.05) is 18.7 Å². The number of carboxylic acids is 1. The first kappa shape index (κ1) is 15.0. The van der Waals surface area contributed by atoms with Gasteiger partial charge in [0, 0.05) is 26.2 Å². The molecule has 0 bridgehead atoms. The lowest BCUT2D eigenvalue weighted by molar-refractivity contribution is -0.133. The van der Waals surface area contributed by atoms with Gasteiger partial charge in [-0.25, -0.2) is 0 Å². The van der Waals surface area contributed by atoms with Crippen LogP contribution in [0.15, 0.2) is 5.16 Å². The van der Waals surface area contributed by atoms with Crippen LogP contribution in [0.2, 0.25) is 0 Å². The number of hydrogen-bond donors (Lipinski definition) is 1. The van der Waals surface area contributed by atoms with Crippen LogP contribution < -0.4 is 0 Å². The molecule has 0 aliphatic heterocycles. The number of aromatic nitrogens is 3. The SMILES string of the molecule is CCc1nnc(SCC(=O)O)n1C(C)CCOC. The number of carboxylic acid groups (broad SMARTS) is 1. The van der Waals surface area contributed by atoms with Gasteiger partial charge in [-0.3, -0.25) is 4.79 Å². The molecule has 0 saturated carbocycles. The molecule has 1 rings (SSSR count). The Labute approximate surface area is 111 Å². The maximum Gasteiger partial charge on any atom is 0.313 e. The van der Waals surface area contributed by atoms with Gasteiger partial charge < -0.3 is 14.4 Å². The third kappa shape index (κ3) is 3.99. The molecule has 0 aromatic carbocycles. The average molecular weight is 273 g/mol. The first-order valence-corrected chi connectivity index (χ1v) is 6.86. The van der Waals surface area contributed by atoms with Gasteiger partial charge in [0.25, 0.3) is 0 Å². The fraction of sp³-hybridized carbons (Fsp3) is 0.727. The smallest absolute Gasteiger partial charge is 0.313 e. The molecule has 18 heavy (non-hydrogen) atoms. The predicted octanol–water partition coefficient (Wildman–Crippen LogP) is 1.61. The number of ether oxygens (including phenoxy) is 1. The highest BCUT2D eigenvalue weighted by Crippen LogP contribution is 2.23. The zero-order chi connectivity index (χ0) is 13.5. The van der Waals surface area contributed by atoms with Crippen molar-refractivity contribution in [1.29, 1.82) is 0 Å². The van der Waals surface area contributed by atoms with E-state index in [2.05, 4.69) is 17.1 Å². The van der Waals surface area contributed by atoms with E-state index in [4.69, 9.17) is 9.84 Å². The Morgan fingerprint density at radius 3 is 2.83 bits per heavy atom. The van der Waals surface area contributed by atoms with E-state index in [9.17, 15) is 4.79 Å². The van der Waals surface area contributed by atoms with Crippen LogP contribution in [0.3, 0.4) is 0 Å². The summed E-state index contributed by atoms with van der Waals surface area (Å²) in [6.07, 6.45) is 1.63. The second kappa shape index (κ2) is 7.38. The summed E-state index contributed by atoms with van der Waals surface area (Å²) in [5, 5.41) is 17.5. The van der Waals surface area contributed by atoms with Crippen molar-refractivity contribution in [2.45, 2.75) is 37.9 Å². The Morgan fingerprint density at radius 1 is 1.56 bits per heavy atom. The van der Waals surface area contributed by atoms with Crippen molar-refractivity contribution in [2.75, 3.05) is 19.5 Å². The molecule has 1 N–H and O–H groups in total. The molecule has 1 aromatic rings. The van der Waals surface area contributed by atoms with Crippen molar-refractivity contribution in [3.63, 3.8) is 0 Å². The van der Waals surface area contributed by atoms with Crippen LogP contribution in [0.1, 0.15) is 32.1 Å². The van der Waals surface area contributed by atoms with Gasteiger partial charge in [-0.05, 0) is 13.3 Å². The zero-order valence-electron chi connectivity index (χ0n) is 10.9. The van der Waals surface area contributed by atoms with Gasteiger partial charge in [-0.2, -0.15) is 0 Å². The summed E-state index contributed by atoms with van der Waals surface area (Å²) in [6, 6.07) is 0.200. The van der Waals surface area contributed by atoms with E-state index < -0.39 is 5.97 Å². The second-order valence-electron chi connectivity index (χ2n) is 3.94. The van der Waals surface area contributed by atoms with Crippen LogP contribution in [0.5, 0.6) is 0 Å². The number of aryl methyl sites for hydroxylation is 1. The van der Waals surface area contributed by atoms with E-state index in [1.807, 2.05) is 11.5 Å². The molecule has 6 nitrogen and oxygen atoms in total. The maximum absolute atomic E-state index is 10.6. The van der Waals surface area contributed by atoms with Crippen molar-refractivity contribution in [3.8, 4) is 0 Å². The largest absolute Gasteiger partial charge is 0.481 e. The predicted molar refractivity (Wildman–Crippen MR) is 69.0 cm³/mol. The average Bonchev–Trinajstić information content (AvgIpc) is 2.76. The first-order chi connectivity index (χ1) is 8.60. The lowest BCUT2D eigenvalue weighted by Gasteiger charge is -2.16. The van der Waals surface area contributed by atoms with E-state index in [1.165, 1.54) is 11.8 Å². The van der Waals surface area contributed by atoms with Crippen LogP contribution in [-0.2, 0) is 16.0 Å². The molecule has 7 heteroatoms. The Bertz CT molecular complexity index is 395. The molecule has 1 heterocycles. The molecule has 1 atom stereocenters. The van der Waals surface area contributed by atoms with Crippen LogP contribution in [-0.4, -0.2) is 45.3 Å². The monoisotopic (exact) mass is 273 g/mol. The molecule has 1 unspecified atom stereocenters. The number of nitrogens with zero attached hydrogens (tertiary/aromatic N) is 3. The number of thioether (sulfide) groups is 1. The minimum Gasteiger partial charge on any atom is -0.481 e. The Hall–Kier alpha value is -1.08. The van der Waals surface area contributed by atoms with Crippen molar-refractivity contribution in [3.05, 3.63) is 5.82 Å². The van der Waals surface area contributed by atoms with Gasteiger partial charge in [0.1, 0.15) is 5.82 Å². The first-order valence-electron chi connectivity index (χ1n) is 5.87. The normalized spacial score (nSPS) is 12.6. The highest BCUT2D eigenvalue weighted by Gasteiger charge is 2.17. The van der Waals surface area contributed by atoms with Gasteiger partial charge in [0.05, 0.1) is 5.75 Å². The summed E-state index contributed by atoms with van der Waals surface area (Å²) >= 11 is 1.20. The van der Waals surface area contributed by atoms with Gasteiger partial charge >= 0.3 is 5.97 Å². The van der Waals surface area contributed by atoms with Gasteiger partial charge in [-0.15, -0.1) is 10.2 Å². The highest BCUT2D eigenvalue weighted by molar-refractivity contribution is 7.99. The molecule has 0 aliphatic carbocycles. The highest BCUT2D eigenvalue weighted by atomic mass is 32.2. The van der Waals surface area contributed by atoms with Crippen LogP contribution in [0.4, 0.5) is 0 Å². The molecule has 1 aromatic heterocycles. The van der Waals surface area contributed by atoms with Crippen molar-refractivity contribution >= 4 is 17.7 Å². The molecular weight excluding hydrogens is 254 g/mol. The number of aliphatic carboxylic acids is 1. The molecule has 0 radical (unpaired) electrons. The van der Waals surface area contributed by atoms with E-state index in [0.717, 1.165) is 18.7 Å². The van der Waals surface area contributed by atoms with Crippen molar-refractivity contribution < 1.29 is 14.6 Å². The van der Waals surface area contributed by atoms with E-state index in [1.54, 1.807) is 7.11 Å². The Kier molecular flexibility index (Phi) is 6.14. The summed E-state index contributed by atoms with van der Waals surface area (Å²) in [6.45, 7) is 4.73. The minimum atomic E-state index is -0.850. The summed E-state index contributed by atoms with van der Waals surface area (Å²) in [4.78, 5) is 10.6. The Balaban J connectivity index is 2.83.